The van der Waals surface area contributed by atoms with Crippen LogP contribution in [0.4, 0.5) is 0 Å². The molecular weight excluding hydrogens is 272 g/mol. The first-order chi connectivity index (χ1) is 9.48. The summed E-state index contributed by atoms with van der Waals surface area (Å²) in [6, 6.07) is 7.94. The molecule has 0 bridgehead atoms. The summed E-state index contributed by atoms with van der Waals surface area (Å²) in [6.45, 7) is 5.16. The fraction of sp³-hybridized carbons (Fsp3) is 0.562. The van der Waals surface area contributed by atoms with Crippen LogP contribution in [-0.2, 0) is 6.42 Å². The molecule has 1 rings (SSSR count). The molecule has 20 heavy (non-hydrogen) atoms. The molecule has 1 aromatic carbocycles. The van der Waals surface area contributed by atoms with Gasteiger partial charge in [-0.05, 0) is 69.8 Å². The summed E-state index contributed by atoms with van der Waals surface area (Å²) in [7, 11) is 0. The van der Waals surface area contributed by atoms with E-state index >= 15 is 0 Å². The maximum atomic E-state index is 8.94. The van der Waals surface area contributed by atoms with Gasteiger partial charge in [-0.3, -0.25) is 0 Å². The smallest absolute Gasteiger partial charge is 0.122 e. The Hall–Kier alpha value is -1.24. The van der Waals surface area contributed by atoms with Gasteiger partial charge in [0.15, 0.2) is 0 Å². The molecule has 0 unspecified atom stereocenters. The Morgan fingerprint density at radius 3 is 2.75 bits per heavy atom. The summed E-state index contributed by atoms with van der Waals surface area (Å²) < 4.78 is 5.80. The zero-order valence-corrected chi connectivity index (χ0v) is 13.0. The van der Waals surface area contributed by atoms with Gasteiger partial charge in [-0.1, -0.05) is 11.6 Å². The van der Waals surface area contributed by atoms with Gasteiger partial charge in [0.2, 0.25) is 0 Å². The first kappa shape index (κ1) is 16.8. The van der Waals surface area contributed by atoms with E-state index < -0.39 is 0 Å². The number of rotatable bonds is 8. The van der Waals surface area contributed by atoms with E-state index in [0.29, 0.717) is 18.2 Å². The summed E-state index contributed by atoms with van der Waals surface area (Å²) in [5.74, 6) is 0.861. The number of nitrogens with zero attached hydrogens (tertiary/aromatic N) is 1. The molecule has 0 radical (unpaired) electrons. The Bertz CT molecular complexity index is 466. The topological polar surface area (TPSA) is 59.0 Å². The molecule has 4 heteroatoms. The zero-order valence-electron chi connectivity index (χ0n) is 12.3. The van der Waals surface area contributed by atoms with Crippen LogP contribution in [0.15, 0.2) is 18.2 Å². The number of benzene rings is 1. The van der Waals surface area contributed by atoms with Crippen molar-refractivity contribution < 1.29 is 4.74 Å². The molecule has 0 amide bonds. The maximum absolute atomic E-state index is 8.94. The first-order valence-corrected chi connectivity index (χ1v) is 7.39. The zero-order chi connectivity index (χ0) is 15.0. The van der Waals surface area contributed by atoms with Crippen LogP contribution in [0.1, 0.15) is 38.7 Å². The lowest BCUT2D eigenvalue weighted by Crippen LogP contribution is -2.09. The number of halogens is 1. The van der Waals surface area contributed by atoms with Crippen molar-refractivity contribution in [3.05, 3.63) is 28.8 Å². The standard InChI is InChI=1S/C16H23ClN2O/c1-16(2,12-19)8-3-4-10-20-15-6-5-14(17)11-13(15)7-9-18/h5-6,11H,3-4,7-10,18H2,1-2H3. The molecular formula is C16H23ClN2O. The van der Waals surface area contributed by atoms with Gasteiger partial charge < -0.3 is 10.5 Å². The van der Waals surface area contributed by atoms with Crippen molar-refractivity contribution in [2.45, 2.75) is 39.5 Å². The van der Waals surface area contributed by atoms with Crippen LogP contribution >= 0.6 is 11.6 Å². The first-order valence-electron chi connectivity index (χ1n) is 7.01. The third-order valence-electron chi connectivity index (χ3n) is 3.19. The quantitative estimate of drug-likeness (QED) is 0.739. The van der Waals surface area contributed by atoms with Crippen molar-refractivity contribution >= 4 is 11.6 Å². The summed E-state index contributed by atoms with van der Waals surface area (Å²) in [6.07, 6.45) is 3.58. The predicted molar refractivity (Wildman–Crippen MR) is 83.0 cm³/mol. The van der Waals surface area contributed by atoms with Crippen molar-refractivity contribution in [2.75, 3.05) is 13.2 Å². The molecule has 0 aliphatic rings. The van der Waals surface area contributed by atoms with Crippen LogP contribution in [0.2, 0.25) is 5.02 Å². The highest BCUT2D eigenvalue weighted by Gasteiger charge is 2.15. The van der Waals surface area contributed by atoms with Crippen LogP contribution in [0, 0.1) is 16.7 Å². The molecule has 0 aliphatic heterocycles. The van der Waals surface area contributed by atoms with Crippen LogP contribution in [-0.4, -0.2) is 13.2 Å². The van der Waals surface area contributed by atoms with Crippen LogP contribution in [0.5, 0.6) is 5.75 Å². The van der Waals surface area contributed by atoms with Crippen LogP contribution < -0.4 is 10.5 Å². The second-order valence-corrected chi connectivity index (χ2v) is 6.03. The van der Waals surface area contributed by atoms with Crippen LogP contribution in [0.3, 0.4) is 0 Å². The van der Waals surface area contributed by atoms with E-state index in [0.717, 1.165) is 37.0 Å². The number of hydrogen-bond acceptors (Lipinski definition) is 3. The molecule has 0 fully saturated rings. The van der Waals surface area contributed by atoms with Gasteiger partial charge in [0, 0.05) is 5.02 Å². The fourth-order valence-corrected chi connectivity index (χ4v) is 2.14. The Morgan fingerprint density at radius 1 is 1.35 bits per heavy atom. The molecule has 0 spiro atoms. The minimum Gasteiger partial charge on any atom is -0.493 e. The minimum atomic E-state index is -0.245. The molecule has 110 valence electrons. The largest absolute Gasteiger partial charge is 0.493 e. The van der Waals surface area contributed by atoms with Gasteiger partial charge >= 0.3 is 0 Å². The summed E-state index contributed by atoms with van der Waals surface area (Å²) in [5, 5.41) is 9.65. The summed E-state index contributed by atoms with van der Waals surface area (Å²) in [4.78, 5) is 0. The van der Waals surface area contributed by atoms with E-state index in [2.05, 4.69) is 6.07 Å². The molecule has 3 nitrogen and oxygen atoms in total. The number of hydrogen-bond donors (Lipinski definition) is 1. The Balaban J connectivity index is 2.41. The molecule has 0 heterocycles. The molecule has 2 N–H and O–H groups in total. The second-order valence-electron chi connectivity index (χ2n) is 5.59. The van der Waals surface area contributed by atoms with Gasteiger partial charge in [-0.25, -0.2) is 0 Å². The SMILES string of the molecule is CC(C)(C#N)CCCCOc1ccc(Cl)cc1CCN. The monoisotopic (exact) mass is 294 g/mol. The summed E-state index contributed by atoms with van der Waals surface area (Å²) >= 11 is 5.98. The van der Waals surface area contributed by atoms with Crippen molar-refractivity contribution in [3.8, 4) is 11.8 Å². The van der Waals surface area contributed by atoms with E-state index in [4.69, 9.17) is 27.3 Å². The highest BCUT2D eigenvalue weighted by molar-refractivity contribution is 6.30. The number of ether oxygens (including phenoxy) is 1. The van der Waals surface area contributed by atoms with Crippen LogP contribution in [0.25, 0.3) is 0 Å². The Morgan fingerprint density at radius 2 is 2.10 bits per heavy atom. The van der Waals surface area contributed by atoms with Gasteiger partial charge in [0.25, 0.3) is 0 Å². The highest BCUT2D eigenvalue weighted by Crippen LogP contribution is 2.24. The van der Waals surface area contributed by atoms with E-state index in [1.807, 2.05) is 32.0 Å². The normalized spacial score (nSPS) is 11.2. The number of nitrogens with two attached hydrogens (primary N) is 1. The fourth-order valence-electron chi connectivity index (χ4n) is 1.95. The average molecular weight is 295 g/mol. The van der Waals surface area contributed by atoms with E-state index in [1.54, 1.807) is 0 Å². The highest BCUT2D eigenvalue weighted by atomic mass is 35.5. The Labute approximate surface area is 126 Å². The summed E-state index contributed by atoms with van der Waals surface area (Å²) in [5.41, 5.74) is 6.40. The molecule has 0 aliphatic carbocycles. The number of unbranched alkanes of at least 4 members (excludes halogenated alkanes) is 1. The predicted octanol–water partition coefficient (Wildman–Crippen LogP) is 3.94. The van der Waals surface area contributed by atoms with Gasteiger partial charge in [0.05, 0.1) is 18.1 Å². The maximum Gasteiger partial charge on any atom is 0.122 e. The molecule has 0 aromatic heterocycles. The van der Waals surface area contributed by atoms with E-state index in [-0.39, 0.29) is 5.41 Å². The van der Waals surface area contributed by atoms with E-state index in [9.17, 15) is 0 Å². The third-order valence-corrected chi connectivity index (χ3v) is 3.43. The van der Waals surface area contributed by atoms with Crippen molar-refractivity contribution in [2.24, 2.45) is 11.1 Å². The Kier molecular flexibility index (Phi) is 6.84. The molecule has 1 aromatic rings. The van der Waals surface area contributed by atoms with Gasteiger partial charge in [-0.2, -0.15) is 5.26 Å². The molecule has 0 atom stereocenters. The molecule has 0 saturated carbocycles. The lowest BCUT2D eigenvalue weighted by Gasteiger charge is -2.15. The minimum absolute atomic E-state index is 0.245. The van der Waals surface area contributed by atoms with Crippen molar-refractivity contribution in [1.82, 2.24) is 0 Å². The number of nitriles is 1. The van der Waals surface area contributed by atoms with E-state index in [1.165, 1.54) is 0 Å². The second kappa shape index (κ2) is 8.14. The lowest BCUT2D eigenvalue weighted by molar-refractivity contribution is 0.292. The van der Waals surface area contributed by atoms with Gasteiger partial charge in [-0.15, -0.1) is 0 Å². The van der Waals surface area contributed by atoms with Gasteiger partial charge in [0.1, 0.15) is 5.75 Å². The average Bonchev–Trinajstić information content (AvgIpc) is 2.41. The molecule has 0 saturated heterocycles. The van der Waals surface area contributed by atoms with Crippen molar-refractivity contribution in [1.29, 1.82) is 5.26 Å². The lowest BCUT2D eigenvalue weighted by atomic mass is 9.89. The third kappa shape index (κ3) is 5.81. The van der Waals surface area contributed by atoms with Crippen molar-refractivity contribution in [3.63, 3.8) is 0 Å².